The Labute approximate surface area is 275 Å². The van der Waals surface area contributed by atoms with E-state index in [1.54, 1.807) is 30.3 Å². The lowest BCUT2D eigenvalue weighted by atomic mass is 10.0. The van der Waals surface area contributed by atoms with Crippen LogP contribution in [-0.4, -0.2) is 44.3 Å². The molecular formula is C36H40BrN3O4S. The van der Waals surface area contributed by atoms with Gasteiger partial charge in [0.1, 0.15) is 12.6 Å². The maximum atomic E-state index is 14.5. The van der Waals surface area contributed by atoms with Crippen molar-refractivity contribution in [1.82, 2.24) is 10.2 Å². The SMILES string of the molecule is CCCCNC(=O)[C@@H](Cc1ccccc1)N(Cc1ccc(Br)cc1)C(=O)CN(c1ccc(C)c(C)c1)S(=O)(=O)c1ccccc1. The van der Waals surface area contributed by atoms with E-state index in [-0.39, 0.29) is 23.8 Å². The third-order valence-electron chi connectivity index (χ3n) is 7.76. The van der Waals surface area contributed by atoms with Crippen molar-refractivity contribution < 1.29 is 18.0 Å². The van der Waals surface area contributed by atoms with Crippen LogP contribution in [0.5, 0.6) is 0 Å². The normalized spacial score (nSPS) is 11.9. The smallest absolute Gasteiger partial charge is 0.264 e. The number of nitrogens with zero attached hydrogens (tertiary/aromatic N) is 2. The van der Waals surface area contributed by atoms with Crippen LogP contribution < -0.4 is 9.62 Å². The Morgan fingerprint density at radius 2 is 1.47 bits per heavy atom. The number of hydrogen-bond donors (Lipinski definition) is 1. The Morgan fingerprint density at radius 1 is 0.822 bits per heavy atom. The lowest BCUT2D eigenvalue weighted by Gasteiger charge is -2.34. The average molecular weight is 691 g/mol. The summed E-state index contributed by atoms with van der Waals surface area (Å²) in [4.78, 5) is 29.9. The quantitative estimate of drug-likeness (QED) is 0.147. The summed E-state index contributed by atoms with van der Waals surface area (Å²) in [6.45, 7) is 6.03. The van der Waals surface area contributed by atoms with Crippen LogP contribution in [0.3, 0.4) is 0 Å². The standard InChI is InChI=1S/C36H40BrN3O4S/c1-4-5-22-38-36(42)34(24-29-12-8-6-9-13-29)39(25-30-17-19-31(37)20-18-30)35(41)26-40(32-21-16-27(2)28(3)23-32)45(43,44)33-14-10-7-11-15-33/h6-21,23,34H,4-5,22,24-26H2,1-3H3,(H,38,42)/t34-/m1/s1. The molecule has 1 atom stereocenters. The molecule has 0 saturated carbocycles. The lowest BCUT2D eigenvalue weighted by molar-refractivity contribution is -0.140. The Hall–Kier alpha value is -3.95. The molecule has 0 radical (unpaired) electrons. The summed E-state index contributed by atoms with van der Waals surface area (Å²) in [6.07, 6.45) is 1.99. The third kappa shape index (κ3) is 9.05. The number of unbranched alkanes of at least 4 members (excludes halogenated alkanes) is 1. The number of nitrogens with one attached hydrogen (secondary N) is 1. The highest BCUT2D eigenvalue weighted by Crippen LogP contribution is 2.27. The topological polar surface area (TPSA) is 86.8 Å². The second-order valence-electron chi connectivity index (χ2n) is 11.1. The molecule has 0 spiro atoms. The first-order valence-corrected chi connectivity index (χ1v) is 17.3. The average Bonchev–Trinajstić information content (AvgIpc) is 3.04. The second kappa shape index (κ2) is 15.9. The van der Waals surface area contributed by atoms with Gasteiger partial charge in [0.15, 0.2) is 0 Å². The van der Waals surface area contributed by atoms with Crippen molar-refractivity contribution in [2.75, 3.05) is 17.4 Å². The van der Waals surface area contributed by atoms with E-state index in [1.165, 1.54) is 17.0 Å². The number of benzene rings is 4. The number of amides is 2. The van der Waals surface area contributed by atoms with Crippen molar-refractivity contribution in [1.29, 1.82) is 0 Å². The first-order chi connectivity index (χ1) is 21.6. The van der Waals surface area contributed by atoms with Crippen LogP contribution in [0.25, 0.3) is 0 Å². The summed E-state index contributed by atoms with van der Waals surface area (Å²) in [7, 11) is -4.13. The zero-order chi connectivity index (χ0) is 32.4. The maximum absolute atomic E-state index is 14.5. The molecule has 0 fully saturated rings. The zero-order valence-electron chi connectivity index (χ0n) is 25.9. The summed E-state index contributed by atoms with van der Waals surface area (Å²) in [5, 5.41) is 3.02. The molecule has 7 nitrogen and oxygen atoms in total. The van der Waals surface area contributed by atoms with E-state index in [0.29, 0.717) is 12.2 Å². The van der Waals surface area contributed by atoms with E-state index in [4.69, 9.17) is 0 Å². The van der Waals surface area contributed by atoms with E-state index < -0.39 is 28.5 Å². The van der Waals surface area contributed by atoms with Gasteiger partial charge in [-0.2, -0.15) is 0 Å². The van der Waals surface area contributed by atoms with Gasteiger partial charge < -0.3 is 10.2 Å². The molecular weight excluding hydrogens is 650 g/mol. The highest BCUT2D eigenvalue weighted by molar-refractivity contribution is 9.10. The van der Waals surface area contributed by atoms with Gasteiger partial charge >= 0.3 is 0 Å². The number of hydrogen-bond acceptors (Lipinski definition) is 4. The minimum atomic E-state index is -4.13. The Bertz CT molecular complexity index is 1680. The van der Waals surface area contributed by atoms with Crippen LogP contribution in [-0.2, 0) is 32.6 Å². The number of rotatable bonds is 14. The van der Waals surface area contributed by atoms with Gasteiger partial charge in [-0.1, -0.05) is 96.0 Å². The van der Waals surface area contributed by atoms with Gasteiger partial charge in [-0.3, -0.25) is 13.9 Å². The van der Waals surface area contributed by atoms with Gasteiger partial charge in [-0.15, -0.1) is 0 Å². The van der Waals surface area contributed by atoms with Crippen molar-refractivity contribution in [2.24, 2.45) is 0 Å². The predicted octanol–water partition coefficient (Wildman–Crippen LogP) is 6.82. The molecule has 0 aliphatic heterocycles. The minimum Gasteiger partial charge on any atom is -0.354 e. The van der Waals surface area contributed by atoms with Crippen molar-refractivity contribution in [3.05, 3.63) is 130 Å². The number of anilines is 1. The van der Waals surface area contributed by atoms with Crippen molar-refractivity contribution in [3.63, 3.8) is 0 Å². The summed E-state index contributed by atoms with van der Waals surface area (Å²) in [5.74, 6) is -0.761. The predicted molar refractivity (Wildman–Crippen MR) is 183 cm³/mol. The third-order valence-corrected chi connectivity index (χ3v) is 10.1. The molecule has 0 aliphatic rings. The highest BCUT2D eigenvalue weighted by Gasteiger charge is 2.34. The summed E-state index contributed by atoms with van der Waals surface area (Å²) in [5.41, 5.74) is 3.99. The van der Waals surface area contributed by atoms with E-state index in [0.717, 1.165) is 43.9 Å². The number of aryl methyl sites for hydroxylation is 2. The first-order valence-electron chi connectivity index (χ1n) is 15.1. The molecule has 4 aromatic carbocycles. The molecule has 4 rings (SSSR count). The Kier molecular flexibility index (Phi) is 12.0. The summed E-state index contributed by atoms with van der Waals surface area (Å²) >= 11 is 3.47. The van der Waals surface area contributed by atoms with Crippen LogP contribution in [0.1, 0.15) is 42.0 Å². The highest BCUT2D eigenvalue weighted by atomic mass is 79.9. The van der Waals surface area contributed by atoms with Crippen LogP contribution in [0.4, 0.5) is 5.69 Å². The van der Waals surface area contributed by atoms with Crippen LogP contribution in [0.2, 0.25) is 0 Å². The van der Waals surface area contributed by atoms with E-state index >= 15 is 0 Å². The monoisotopic (exact) mass is 689 g/mol. The largest absolute Gasteiger partial charge is 0.354 e. The Morgan fingerprint density at radius 3 is 2.09 bits per heavy atom. The van der Waals surface area contributed by atoms with Crippen molar-refractivity contribution in [2.45, 2.75) is 57.5 Å². The fourth-order valence-electron chi connectivity index (χ4n) is 4.98. The van der Waals surface area contributed by atoms with Crippen LogP contribution in [0, 0.1) is 13.8 Å². The number of halogens is 1. The number of carbonyl (C=O) groups excluding carboxylic acids is 2. The van der Waals surface area contributed by atoms with Crippen LogP contribution in [0.15, 0.2) is 112 Å². The molecule has 0 saturated heterocycles. The van der Waals surface area contributed by atoms with E-state index in [9.17, 15) is 18.0 Å². The molecule has 0 aromatic heterocycles. The molecule has 0 unspecified atom stereocenters. The summed E-state index contributed by atoms with van der Waals surface area (Å²) in [6, 6.07) is 29.7. The molecule has 0 heterocycles. The van der Waals surface area contributed by atoms with E-state index in [1.807, 2.05) is 81.4 Å². The first kappa shape index (κ1) is 33.9. The van der Waals surface area contributed by atoms with E-state index in [2.05, 4.69) is 21.2 Å². The molecule has 0 aliphatic carbocycles. The van der Waals surface area contributed by atoms with Gasteiger partial charge in [0, 0.05) is 24.0 Å². The maximum Gasteiger partial charge on any atom is 0.264 e. The molecule has 0 bridgehead atoms. The minimum absolute atomic E-state index is 0.0774. The van der Waals surface area contributed by atoms with Gasteiger partial charge in [-0.25, -0.2) is 8.42 Å². The summed E-state index contributed by atoms with van der Waals surface area (Å²) < 4.78 is 30.3. The molecule has 236 valence electrons. The van der Waals surface area contributed by atoms with Crippen molar-refractivity contribution in [3.8, 4) is 0 Å². The number of sulfonamides is 1. The lowest BCUT2D eigenvalue weighted by Crippen LogP contribution is -2.53. The van der Waals surface area contributed by atoms with Gasteiger partial charge in [0.05, 0.1) is 10.6 Å². The molecule has 1 N–H and O–H groups in total. The molecule has 45 heavy (non-hydrogen) atoms. The van der Waals surface area contributed by atoms with Crippen molar-refractivity contribution >= 4 is 43.5 Å². The second-order valence-corrected chi connectivity index (χ2v) is 13.9. The number of carbonyl (C=O) groups is 2. The molecule has 2 amide bonds. The van der Waals surface area contributed by atoms with Gasteiger partial charge in [-0.05, 0) is 78.9 Å². The van der Waals surface area contributed by atoms with Gasteiger partial charge in [0.2, 0.25) is 11.8 Å². The molecule has 4 aromatic rings. The fraction of sp³-hybridized carbons (Fsp3) is 0.278. The molecule has 9 heteroatoms. The van der Waals surface area contributed by atoms with Gasteiger partial charge in [0.25, 0.3) is 10.0 Å². The zero-order valence-corrected chi connectivity index (χ0v) is 28.4. The fourth-order valence-corrected chi connectivity index (χ4v) is 6.67. The van der Waals surface area contributed by atoms with Crippen LogP contribution >= 0.6 is 15.9 Å². The Balaban J connectivity index is 1.79.